The molecule has 1 atom stereocenters. The largest absolute Gasteiger partial charge is 2.00 e. The van der Waals surface area contributed by atoms with Gasteiger partial charge in [0.2, 0.25) is 0 Å². The minimum absolute atomic E-state index is 0. The van der Waals surface area contributed by atoms with Crippen molar-refractivity contribution < 1.29 is 25.8 Å². The van der Waals surface area contributed by atoms with E-state index in [1.54, 1.807) is 0 Å². The van der Waals surface area contributed by atoms with Crippen LogP contribution in [-0.4, -0.2) is 19.3 Å². The van der Waals surface area contributed by atoms with Crippen LogP contribution in [0.3, 0.4) is 0 Å². The van der Waals surface area contributed by atoms with Crippen LogP contribution in [0.5, 0.6) is 11.5 Å². The maximum absolute atomic E-state index is 6.68. The third-order valence-electron chi connectivity index (χ3n) is 10.1. The first kappa shape index (κ1) is 38.3. The molecule has 4 aromatic carbocycles. The van der Waals surface area contributed by atoms with Crippen molar-refractivity contribution in [1.82, 2.24) is 19.3 Å². The molecule has 0 amide bonds. The number of nitrogens with zero attached hydrogens (tertiary/aromatic N) is 4. The van der Waals surface area contributed by atoms with Crippen molar-refractivity contribution >= 4 is 21.8 Å². The van der Waals surface area contributed by atoms with Crippen LogP contribution in [-0.2, 0) is 27.5 Å². The van der Waals surface area contributed by atoms with Crippen molar-refractivity contribution in [1.29, 1.82) is 0 Å². The fourth-order valence-electron chi connectivity index (χ4n) is 7.55. The summed E-state index contributed by atoms with van der Waals surface area (Å²) in [6.07, 6.45) is 6.48. The Kier molecular flexibility index (Phi) is 11.7. The molecule has 0 N–H and O–H groups in total. The van der Waals surface area contributed by atoms with E-state index in [-0.39, 0.29) is 21.1 Å². The Morgan fingerprint density at radius 3 is 2.28 bits per heavy atom. The van der Waals surface area contributed by atoms with Crippen LogP contribution in [0.4, 0.5) is 0 Å². The molecule has 7 aromatic rings. The Labute approximate surface area is 329 Å². The van der Waals surface area contributed by atoms with Gasteiger partial charge in [-0.15, -0.1) is 35.7 Å². The van der Waals surface area contributed by atoms with Crippen LogP contribution in [0.15, 0.2) is 91.1 Å². The number of benzene rings is 4. The molecule has 5 nitrogen and oxygen atoms in total. The Morgan fingerprint density at radius 1 is 0.755 bits per heavy atom. The van der Waals surface area contributed by atoms with Crippen molar-refractivity contribution in [2.45, 2.75) is 87.0 Å². The first-order chi connectivity index (χ1) is 25.0. The van der Waals surface area contributed by atoms with E-state index >= 15 is 0 Å². The second-order valence-electron chi connectivity index (χ2n) is 15.4. The molecule has 53 heavy (non-hydrogen) atoms. The number of aromatic nitrogens is 4. The zero-order chi connectivity index (χ0) is 36.5. The van der Waals surface area contributed by atoms with E-state index in [4.69, 9.17) is 14.8 Å². The van der Waals surface area contributed by atoms with E-state index in [2.05, 4.69) is 139 Å². The van der Waals surface area contributed by atoms with Crippen LogP contribution in [0.25, 0.3) is 44.4 Å². The van der Waals surface area contributed by atoms with E-state index in [9.17, 15) is 0 Å². The minimum atomic E-state index is 0. The van der Waals surface area contributed by atoms with Crippen molar-refractivity contribution in [3.63, 3.8) is 0 Å². The monoisotopic (exact) mass is 881 g/mol. The van der Waals surface area contributed by atoms with Crippen LogP contribution >= 0.6 is 0 Å². The Bertz CT molecular complexity index is 2350. The first-order valence-electron chi connectivity index (χ1n) is 18.8. The molecular formula is C47H50N4OPt. The molecule has 1 unspecified atom stereocenters. The number of rotatable bonds is 12. The summed E-state index contributed by atoms with van der Waals surface area (Å²) in [4.78, 5) is 4.82. The van der Waals surface area contributed by atoms with E-state index in [1.165, 1.54) is 35.8 Å². The second kappa shape index (κ2) is 16.3. The average molecular weight is 882 g/mol. The summed E-state index contributed by atoms with van der Waals surface area (Å²) in [6.45, 7) is 17.8. The number of pyridine rings is 1. The number of ether oxygens (including phenoxy) is 1. The van der Waals surface area contributed by atoms with Gasteiger partial charge in [-0.2, -0.15) is 16.7 Å². The molecule has 274 valence electrons. The van der Waals surface area contributed by atoms with Crippen molar-refractivity contribution in [3.05, 3.63) is 131 Å². The third kappa shape index (κ3) is 8.21. The van der Waals surface area contributed by atoms with Gasteiger partial charge in [-0.25, -0.2) is 4.98 Å². The summed E-state index contributed by atoms with van der Waals surface area (Å²) >= 11 is 0. The van der Waals surface area contributed by atoms with Crippen molar-refractivity contribution in [2.75, 3.05) is 0 Å². The van der Waals surface area contributed by atoms with Gasteiger partial charge in [0.15, 0.2) is 0 Å². The summed E-state index contributed by atoms with van der Waals surface area (Å²) < 4.78 is 10.9. The molecular weight excluding hydrogens is 832 g/mol. The number of hydrogen-bond donors (Lipinski definition) is 0. The predicted molar refractivity (Wildman–Crippen MR) is 215 cm³/mol. The van der Waals surface area contributed by atoms with E-state index in [1.807, 2.05) is 29.1 Å². The standard InChI is InChI=1S/C47H50N4O.Pt/c1-30(2)13-12-14-33(6)38-17-20-44-43(27-38)42-19-18-40(29-45(42)50(44)46-24-32(5)21-22-48-46)52-41-26-36(23-31(3)4)25-39(28-41)51-35(8)47(34(7)49-51)37-15-10-9-11-16-37;/h9-11,15-22,24-27,30-31,33H,12-14,23H2,1-8H3;/q-2;+2. The zero-order valence-corrected chi connectivity index (χ0v) is 34.5. The fourth-order valence-corrected chi connectivity index (χ4v) is 7.55. The van der Waals surface area contributed by atoms with E-state index in [0.717, 1.165) is 68.3 Å². The number of fused-ring (bicyclic) bond motifs is 3. The normalized spacial score (nSPS) is 12.2. The minimum Gasteiger partial charge on any atom is -0.509 e. The third-order valence-corrected chi connectivity index (χ3v) is 10.1. The Balaban J connectivity index is 0.00000481. The van der Waals surface area contributed by atoms with Gasteiger partial charge in [-0.05, 0) is 97.3 Å². The van der Waals surface area contributed by atoms with Crippen molar-refractivity contribution in [3.8, 4) is 34.1 Å². The maximum atomic E-state index is 6.68. The van der Waals surface area contributed by atoms with Crippen LogP contribution in [0.1, 0.15) is 87.9 Å². The van der Waals surface area contributed by atoms with Gasteiger partial charge < -0.3 is 9.30 Å². The van der Waals surface area contributed by atoms with Gasteiger partial charge in [0, 0.05) is 34.5 Å². The summed E-state index contributed by atoms with van der Waals surface area (Å²) in [5.41, 5.74) is 11.0. The Morgan fingerprint density at radius 2 is 1.55 bits per heavy atom. The van der Waals surface area contributed by atoms with E-state index in [0.29, 0.717) is 23.3 Å². The molecule has 0 bridgehead atoms. The van der Waals surface area contributed by atoms with Gasteiger partial charge in [-0.3, -0.25) is 4.68 Å². The average Bonchev–Trinajstić information content (AvgIpc) is 3.60. The molecule has 0 saturated carbocycles. The second-order valence-corrected chi connectivity index (χ2v) is 15.4. The zero-order valence-electron chi connectivity index (χ0n) is 32.2. The van der Waals surface area contributed by atoms with Gasteiger partial charge in [0.1, 0.15) is 5.82 Å². The van der Waals surface area contributed by atoms with Crippen LogP contribution in [0, 0.1) is 44.7 Å². The summed E-state index contributed by atoms with van der Waals surface area (Å²) in [5, 5.41) is 7.34. The van der Waals surface area contributed by atoms with Gasteiger partial charge in [0.25, 0.3) is 0 Å². The number of aryl methyl sites for hydroxylation is 2. The van der Waals surface area contributed by atoms with Gasteiger partial charge in [0.05, 0.1) is 5.69 Å². The van der Waals surface area contributed by atoms with E-state index < -0.39 is 0 Å². The molecule has 0 aliphatic carbocycles. The topological polar surface area (TPSA) is 44.9 Å². The Hall–Kier alpha value is -4.47. The fraction of sp³-hybridized carbons (Fsp3) is 0.319. The summed E-state index contributed by atoms with van der Waals surface area (Å²) in [5.74, 6) is 3.85. The summed E-state index contributed by atoms with van der Waals surface area (Å²) in [7, 11) is 0. The molecule has 7 rings (SSSR count). The molecule has 3 aromatic heterocycles. The molecule has 0 aliphatic rings. The predicted octanol–water partition coefficient (Wildman–Crippen LogP) is 12.5. The van der Waals surface area contributed by atoms with Crippen LogP contribution in [0.2, 0.25) is 0 Å². The molecule has 0 spiro atoms. The maximum Gasteiger partial charge on any atom is 2.00 e. The molecule has 0 fully saturated rings. The molecule has 0 aliphatic heterocycles. The van der Waals surface area contributed by atoms with Crippen LogP contribution < -0.4 is 4.74 Å². The SMILES string of the molecule is Cc1ccnc(-n2c3[c-]c(Oc4[c-]c(-n5nc(C)c(-c6ccccc6)c5C)cc(CC(C)C)c4)ccc3c3cc(C(C)CCCC(C)C)ccc32)c1.[Pt+2]. The smallest absolute Gasteiger partial charge is 0.509 e. The molecule has 0 saturated heterocycles. The molecule has 6 heteroatoms. The molecule has 3 heterocycles. The number of hydrogen-bond acceptors (Lipinski definition) is 3. The summed E-state index contributed by atoms with van der Waals surface area (Å²) in [6, 6.07) is 37.3. The van der Waals surface area contributed by atoms with Crippen molar-refractivity contribution in [2.24, 2.45) is 11.8 Å². The van der Waals surface area contributed by atoms with Gasteiger partial charge in [-0.1, -0.05) is 95.4 Å². The van der Waals surface area contributed by atoms with Gasteiger partial charge >= 0.3 is 21.1 Å². The quantitative estimate of drug-likeness (QED) is 0.115. The first-order valence-corrected chi connectivity index (χ1v) is 18.8. The molecule has 0 radical (unpaired) electrons.